The van der Waals surface area contributed by atoms with Gasteiger partial charge in [-0.05, 0) is 18.9 Å². The maximum Gasteiger partial charge on any atom is 0.170 e. The lowest BCUT2D eigenvalue weighted by Gasteiger charge is -2.22. The van der Waals surface area contributed by atoms with Gasteiger partial charge in [-0.15, -0.1) is 0 Å². The van der Waals surface area contributed by atoms with E-state index in [1.54, 1.807) is 12.1 Å². The number of benzene rings is 1. The monoisotopic (exact) mass is 281 g/mol. The average Bonchev–Trinajstić information content (AvgIpc) is 2.86. The number of rotatable bonds is 5. The van der Waals surface area contributed by atoms with Crippen LogP contribution in [0.1, 0.15) is 36.8 Å². The summed E-state index contributed by atoms with van der Waals surface area (Å²) < 4.78 is 13.8. The molecule has 0 radical (unpaired) electrons. The summed E-state index contributed by atoms with van der Waals surface area (Å²) in [7, 11) is 0. The maximum atomic E-state index is 13.8. The topological polar surface area (TPSA) is 90.9 Å². The zero-order valence-corrected chi connectivity index (χ0v) is 11.3. The molecule has 20 heavy (non-hydrogen) atoms. The average molecular weight is 281 g/mol. The molecule has 1 saturated carbocycles. The molecule has 1 aromatic carbocycles. The molecule has 0 bridgehead atoms. The largest absolute Gasteiger partial charge is 0.409 e. The summed E-state index contributed by atoms with van der Waals surface area (Å²) in [6, 6.07) is 4.42. The van der Waals surface area contributed by atoms with Crippen molar-refractivity contribution in [1.82, 2.24) is 5.32 Å². The molecule has 0 amide bonds. The molecule has 0 unspecified atom stereocenters. The standard InChI is InChI=1S/C14H20FN3O2/c15-12-7-10(13(16)18-20)3-4-11(12)8-17-9-14(19)5-1-2-6-14/h3-4,7,17,19-20H,1-2,5-6,8-9H2,(H2,16,18). The second kappa shape index (κ2) is 6.19. The van der Waals surface area contributed by atoms with Crippen molar-refractivity contribution in [2.45, 2.75) is 37.8 Å². The van der Waals surface area contributed by atoms with Crippen molar-refractivity contribution >= 4 is 5.84 Å². The van der Waals surface area contributed by atoms with Crippen LogP contribution in [0, 0.1) is 5.82 Å². The minimum atomic E-state index is -0.648. The molecule has 1 aliphatic carbocycles. The van der Waals surface area contributed by atoms with Crippen LogP contribution in [0.25, 0.3) is 0 Å². The molecule has 0 spiro atoms. The summed E-state index contributed by atoms with van der Waals surface area (Å²) in [5.41, 5.74) is 5.57. The third-order valence-corrected chi connectivity index (χ3v) is 3.76. The Bertz CT molecular complexity index is 499. The second-order valence-electron chi connectivity index (χ2n) is 5.33. The first-order valence-electron chi connectivity index (χ1n) is 6.73. The summed E-state index contributed by atoms with van der Waals surface area (Å²) in [6.45, 7) is 0.805. The number of hydrogen-bond acceptors (Lipinski definition) is 4. The van der Waals surface area contributed by atoms with Gasteiger partial charge in [0.1, 0.15) is 5.82 Å². The van der Waals surface area contributed by atoms with Gasteiger partial charge in [0.15, 0.2) is 5.84 Å². The van der Waals surface area contributed by atoms with Gasteiger partial charge in [0, 0.05) is 24.2 Å². The van der Waals surface area contributed by atoms with Crippen molar-refractivity contribution in [2.24, 2.45) is 10.9 Å². The van der Waals surface area contributed by atoms with Gasteiger partial charge >= 0.3 is 0 Å². The number of nitrogens with zero attached hydrogens (tertiary/aromatic N) is 1. The minimum Gasteiger partial charge on any atom is -0.409 e. The van der Waals surface area contributed by atoms with E-state index < -0.39 is 11.4 Å². The van der Waals surface area contributed by atoms with Gasteiger partial charge in [0.05, 0.1) is 5.60 Å². The maximum absolute atomic E-state index is 13.8. The van der Waals surface area contributed by atoms with Crippen LogP contribution in [0.3, 0.4) is 0 Å². The predicted octanol–water partition coefficient (Wildman–Crippen LogP) is 1.31. The molecule has 6 heteroatoms. The Kier molecular flexibility index (Phi) is 4.57. The molecule has 1 aliphatic rings. The molecule has 1 fully saturated rings. The van der Waals surface area contributed by atoms with Crippen molar-refractivity contribution in [3.63, 3.8) is 0 Å². The van der Waals surface area contributed by atoms with E-state index in [4.69, 9.17) is 10.9 Å². The SMILES string of the molecule is NC(=NO)c1ccc(CNCC2(O)CCCC2)c(F)c1. The minimum absolute atomic E-state index is 0.122. The molecule has 0 aliphatic heterocycles. The Morgan fingerprint density at radius 3 is 2.70 bits per heavy atom. The van der Waals surface area contributed by atoms with E-state index >= 15 is 0 Å². The fraction of sp³-hybridized carbons (Fsp3) is 0.500. The van der Waals surface area contributed by atoms with Gasteiger partial charge in [0.25, 0.3) is 0 Å². The number of oxime groups is 1. The van der Waals surface area contributed by atoms with Crippen LogP contribution in [-0.2, 0) is 6.54 Å². The lowest BCUT2D eigenvalue weighted by Crippen LogP contribution is -2.37. The highest BCUT2D eigenvalue weighted by atomic mass is 19.1. The van der Waals surface area contributed by atoms with Crippen LogP contribution in [-0.4, -0.2) is 28.3 Å². The van der Waals surface area contributed by atoms with Gasteiger partial charge in [-0.2, -0.15) is 0 Å². The number of nitrogens with one attached hydrogen (secondary N) is 1. The fourth-order valence-electron chi connectivity index (χ4n) is 2.55. The summed E-state index contributed by atoms with van der Waals surface area (Å²) in [5, 5.41) is 24.6. The van der Waals surface area contributed by atoms with Gasteiger partial charge in [-0.25, -0.2) is 4.39 Å². The lowest BCUT2D eigenvalue weighted by molar-refractivity contribution is 0.0474. The zero-order valence-electron chi connectivity index (χ0n) is 11.3. The quantitative estimate of drug-likeness (QED) is 0.283. The van der Waals surface area contributed by atoms with Crippen molar-refractivity contribution in [2.75, 3.05) is 6.54 Å². The van der Waals surface area contributed by atoms with Gasteiger partial charge in [-0.3, -0.25) is 0 Å². The molecule has 0 atom stereocenters. The number of nitrogens with two attached hydrogens (primary N) is 1. The van der Waals surface area contributed by atoms with E-state index in [1.165, 1.54) is 6.07 Å². The molecule has 5 N–H and O–H groups in total. The van der Waals surface area contributed by atoms with Gasteiger partial charge in [-0.1, -0.05) is 30.1 Å². The second-order valence-corrected chi connectivity index (χ2v) is 5.33. The van der Waals surface area contributed by atoms with Crippen LogP contribution >= 0.6 is 0 Å². The molecular formula is C14H20FN3O2. The number of aliphatic hydroxyl groups is 1. The van der Waals surface area contributed by atoms with E-state index in [2.05, 4.69) is 10.5 Å². The van der Waals surface area contributed by atoms with E-state index in [0.717, 1.165) is 25.7 Å². The first-order valence-corrected chi connectivity index (χ1v) is 6.73. The van der Waals surface area contributed by atoms with Crippen LogP contribution < -0.4 is 11.1 Å². The van der Waals surface area contributed by atoms with Gasteiger partial charge < -0.3 is 21.4 Å². The Morgan fingerprint density at radius 2 is 2.10 bits per heavy atom. The third-order valence-electron chi connectivity index (χ3n) is 3.76. The summed E-state index contributed by atoms with van der Waals surface area (Å²) >= 11 is 0. The van der Waals surface area contributed by atoms with Crippen molar-refractivity contribution in [1.29, 1.82) is 0 Å². The smallest absolute Gasteiger partial charge is 0.170 e. The lowest BCUT2D eigenvalue weighted by atomic mass is 10.0. The predicted molar refractivity (Wildman–Crippen MR) is 74.0 cm³/mol. The number of amidine groups is 1. The fourth-order valence-corrected chi connectivity index (χ4v) is 2.55. The Balaban J connectivity index is 1.93. The van der Waals surface area contributed by atoms with E-state index in [0.29, 0.717) is 24.2 Å². The molecule has 0 aromatic heterocycles. The Morgan fingerprint density at radius 1 is 1.40 bits per heavy atom. The molecule has 0 heterocycles. The first kappa shape index (κ1) is 14.7. The van der Waals surface area contributed by atoms with Crippen LogP contribution in [0.15, 0.2) is 23.4 Å². The van der Waals surface area contributed by atoms with Crippen molar-refractivity contribution < 1.29 is 14.7 Å². The van der Waals surface area contributed by atoms with E-state index in [1.807, 2.05) is 0 Å². The van der Waals surface area contributed by atoms with Gasteiger partial charge in [0.2, 0.25) is 0 Å². The van der Waals surface area contributed by atoms with Crippen LogP contribution in [0.4, 0.5) is 4.39 Å². The Hall–Kier alpha value is -1.66. The molecule has 2 rings (SSSR count). The van der Waals surface area contributed by atoms with Crippen molar-refractivity contribution in [3.8, 4) is 0 Å². The summed E-state index contributed by atoms with van der Waals surface area (Å²) in [5.74, 6) is -0.538. The summed E-state index contributed by atoms with van der Waals surface area (Å²) in [4.78, 5) is 0. The Labute approximate surface area is 117 Å². The number of halogens is 1. The molecule has 1 aromatic rings. The van der Waals surface area contributed by atoms with Crippen molar-refractivity contribution in [3.05, 3.63) is 35.1 Å². The first-order chi connectivity index (χ1) is 9.54. The molecule has 5 nitrogen and oxygen atoms in total. The highest BCUT2D eigenvalue weighted by Crippen LogP contribution is 2.28. The third kappa shape index (κ3) is 3.46. The highest BCUT2D eigenvalue weighted by molar-refractivity contribution is 5.97. The number of hydrogen-bond donors (Lipinski definition) is 4. The molecular weight excluding hydrogens is 261 g/mol. The van der Waals surface area contributed by atoms with E-state index in [9.17, 15) is 9.50 Å². The summed E-state index contributed by atoms with van der Waals surface area (Å²) in [6.07, 6.45) is 3.68. The van der Waals surface area contributed by atoms with E-state index in [-0.39, 0.29) is 5.84 Å². The zero-order chi connectivity index (χ0) is 14.6. The normalized spacial score (nSPS) is 18.4. The molecule has 0 saturated heterocycles. The van der Waals surface area contributed by atoms with Crippen LogP contribution in [0.5, 0.6) is 0 Å². The highest BCUT2D eigenvalue weighted by Gasteiger charge is 2.30. The van der Waals surface area contributed by atoms with Crippen LogP contribution in [0.2, 0.25) is 0 Å². The molecule has 110 valence electrons.